The van der Waals surface area contributed by atoms with Gasteiger partial charge in [0.15, 0.2) is 0 Å². The molecule has 1 aromatic rings. The van der Waals surface area contributed by atoms with Crippen molar-refractivity contribution in [2.45, 2.75) is 49.5 Å². The lowest BCUT2D eigenvalue weighted by atomic mass is 10.0. The minimum absolute atomic E-state index is 0.0422. The molecule has 16 heavy (non-hydrogen) atoms. The van der Waals surface area contributed by atoms with Crippen LogP contribution < -0.4 is 0 Å². The first kappa shape index (κ1) is 11.0. The summed E-state index contributed by atoms with van der Waals surface area (Å²) in [7, 11) is 0. The molecule has 2 atom stereocenters. The van der Waals surface area contributed by atoms with Gasteiger partial charge in [-0.05, 0) is 57.8 Å². The predicted octanol–water partition coefficient (Wildman–Crippen LogP) is 2.92. The van der Waals surface area contributed by atoms with E-state index < -0.39 is 0 Å². The van der Waals surface area contributed by atoms with E-state index in [1.165, 1.54) is 37.1 Å². The van der Waals surface area contributed by atoms with E-state index in [2.05, 4.69) is 51.4 Å². The minimum Gasteiger partial charge on any atom is -0.234 e. The summed E-state index contributed by atoms with van der Waals surface area (Å²) < 4.78 is 2.17. The first-order chi connectivity index (χ1) is 7.55. The van der Waals surface area contributed by atoms with E-state index in [-0.39, 0.29) is 3.55 Å². The van der Waals surface area contributed by atoms with Crippen molar-refractivity contribution in [2.24, 2.45) is 11.8 Å². The molecule has 1 aromatic heterocycles. The second-order valence-corrected chi connectivity index (χ2v) is 8.28. The number of aromatic nitrogens is 3. The molecule has 0 bridgehead atoms. The molecule has 2 aliphatic carbocycles. The molecule has 1 heterocycles. The minimum atomic E-state index is 0.0422. The standard InChI is InChI=1S/C12H18IN3/c1-12(2,13)16-11-6-4-9-7-8(9)3-5-10(11)14-15-16/h8-9H,3-7H2,1-2H3/t8-,9+/m0/s1. The molecule has 0 aromatic carbocycles. The molecule has 1 fully saturated rings. The van der Waals surface area contributed by atoms with Gasteiger partial charge < -0.3 is 0 Å². The van der Waals surface area contributed by atoms with Gasteiger partial charge in [0.2, 0.25) is 0 Å². The van der Waals surface area contributed by atoms with Crippen LogP contribution in [0.1, 0.15) is 44.5 Å². The van der Waals surface area contributed by atoms with Crippen molar-refractivity contribution in [1.29, 1.82) is 0 Å². The predicted molar refractivity (Wildman–Crippen MR) is 71.6 cm³/mol. The third-order valence-electron chi connectivity index (χ3n) is 3.92. The van der Waals surface area contributed by atoms with Crippen LogP contribution in [-0.4, -0.2) is 15.0 Å². The van der Waals surface area contributed by atoms with Gasteiger partial charge in [-0.15, -0.1) is 5.10 Å². The van der Waals surface area contributed by atoms with E-state index in [0.29, 0.717) is 0 Å². The van der Waals surface area contributed by atoms with Crippen molar-refractivity contribution < 1.29 is 0 Å². The second-order valence-electron chi connectivity index (χ2n) is 5.64. The van der Waals surface area contributed by atoms with Crippen molar-refractivity contribution in [1.82, 2.24) is 15.0 Å². The Bertz CT molecular complexity index is 405. The van der Waals surface area contributed by atoms with Gasteiger partial charge in [0.1, 0.15) is 3.55 Å². The Kier molecular flexibility index (Phi) is 2.53. The zero-order valence-electron chi connectivity index (χ0n) is 9.91. The Hall–Kier alpha value is -0.130. The van der Waals surface area contributed by atoms with Gasteiger partial charge in [0, 0.05) is 0 Å². The van der Waals surface area contributed by atoms with Crippen LogP contribution in [-0.2, 0) is 16.4 Å². The number of hydrogen-bond donors (Lipinski definition) is 0. The van der Waals surface area contributed by atoms with Crippen molar-refractivity contribution >= 4 is 22.6 Å². The molecule has 0 aliphatic heterocycles. The summed E-state index contributed by atoms with van der Waals surface area (Å²) in [4.78, 5) is 0. The highest BCUT2D eigenvalue weighted by molar-refractivity contribution is 14.1. The first-order valence-corrected chi connectivity index (χ1v) is 7.26. The Morgan fingerprint density at radius 2 is 1.94 bits per heavy atom. The topological polar surface area (TPSA) is 30.7 Å². The molecule has 2 aliphatic rings. The van der Waals surface area contributed by atoms with Crippen molar-refractivity contribution in [3.05, 3.63) is 11.4 Å². The summed E-state index contributed by atoms with van der Waals surface area (Å²) in [5.41, 5.74) is 2.65. The number of nitrogens with zero attached hydrogens (tertiary/aromatic N) is 3. The maximum Gasteiger partial charge on any atom is 0.110 e. The highest BCUT2D eigenvalue weighted by Gasteiger charge is 2.38. The van der Waals surface area contributed by atoms with Crippen LogP contribution in [0.3, 0.4) is 0 Å². The molecule has 0 unspecified atom stereocenters. The summed E-state index contributed by atoms with van der Waals surface area (Å²) in [5.74, 6) is 2.01. The fraction of sp³-hybridized carbons (Fsp3) is 0.833. The third-order valence-corrected chi connectivity index (χ3v) is 4.38. The van der Waals surface area contributed by atoms with E-state index in [1.807, 2.05) is 0 Å². The van der Waals surface area contributed by atoms with Gasteiger partial charge in [-0.1, -0.05) is 27.8 Å². The molecule has 0 amide bonds. The largest absolute Gasteiger partial charge is 0.234 e. The maximum absolute atomic E-state index is 4.39. The smallest absolute Gasteiger partial charge is 0.110 e. The normalized spacial score (nSPS) is 28.9. The van der Waals surface area contributed by atoms with E-state index in [1.54, 1.807) is 0 Å². The number of hydrogen-bond acceptors (Lipinski definition) is 2. The van der Waals surface area contributed by atoms with E-state index >= 15 is 0 Å². The maximum atomic E-state index is 4.39. The molecule has 1 saturated carbocycles. The number of aryl methyl sites for hydroxylation is 1. The fourth-order valence-corrected chi connectivity index (χ4v) is 3.25. The van der Waals surface area contributed by atoms with Gasteiger partial charge in [-0.25, -0.2) is 4.68 Å². The molecule has 4 heteroatoms. The second kappa shape index (κ2) is 3.68. The highest BCUT2D eigenvalue weighted by atomic mass is 127. The van der Waals surface area contributed by atoms with Crippen LogP contribution in [0.25, 0.3) is 0 Å². The molecule has 88 valence electrons. The Labute approximate surface area is 110 Å². The van der Waals surface area contributed by atoms with Crippen LogP contribution >= 0.6 is 22.6 Å². The van der Waals surface area contributed by atoms with Crippen molar-refractivity contribution in [3.63, 3.8) is 0 Å². The van der Waals surface area contributed by atoms with Crippen LogP contribution in [0.2, 0.25) is 0 Å². The monoisotopic (exact) mass is 331 g/mol. The summed E-state index contributed by atoms with van der Waals surface area (Å²) in [6.45, 7) is 4.39. The van der Waals surface area contributed by atoms with E-state index in [4.69, 9.17) is 0 Å². The quantitative estimate of drug-likeness (QED) is 0.585. The SMILES string of the molecule is CC(C)(I)n1nnc2c1CC[C@@H]1C[C@@H]1CC2. The lowest BCUT2D eigenvalue weighted by molar-refractivity contribution is 0.461. The van der Waals surface area contributed by atoms with Gasteiger partial charge in [0.05, 0.1) is 11.4 Å². The lowest BCUT2D eigenvalue weighted by Crippen LogP contribution is -2.22. The molecule has 0 N–H and O–H groups in total. The third kappa shape index (κ3) is 1.89. The molecule has 0 radical (unpaired) electrons. The zero-order chi connectivity index (χ0) is 11.3. The summed E-state index contributed by atoms with van der Waals surface area (Å²) >= 11 is 2.44. The lowest BCUT2D eigenvalue weighted by Gasteiger charge is -2.20. The zero-order valence-corrected chi connectivity index (χ0v) is 12.1. The van der Waals surface area contributed by atoms with Gasteiger partial charge >= 0.3 is 0 Å². The first-order valence-electron chi connectivity index (χ1n) is 6.18. The highest BCUT2D eigenvalue weighted by Crippen LogP contribution is 2.46. The molecular formula is C12H18IN3. The number of fused-ring (bicyclic) bond motifs is 2. The summed E-state index contributed by atoms with van der Waals surface area (Å²) in [5, 5.41) is 8.74. The Morgan fingerprint density at radius 3 is 2.62 bits per heavy atom. The summed E-state index contributed by atoms with van der Waals surface area (Å²) in [6, 6.07) is 0. The molecule has 0 spiro atoms. The fourth-order valence-electron chi connectivity index (χ4n) is 2.87. The van der Waals surface area contributed by atoms with Crippen molar-refractivity contribution in [2.75, 3.05) is 0 Å². The molecule has 3 rings (SSSR count). The average Bonchev–Trinajstić information content (AvgIpc) is 2.76. The Morgan fingerprint density at radius 1 is 1.25 bits per heavy atom. The van der Waals surface area contributed by atoms with Crippen LogP contribution in [0.15, 0.2) is 0 Å². The van der Waals surface area contributed by atoms with Gasteiger partial charge in [-0.2, -0.15) is 0 Å². The van der Waals surface area contributed by atoms with Crippen LogP contribution in [0.5, 0.6) is 0 Å². The molecule has 3 nitrogen and oxygen atoms in total. The number of rotatable bonds is 1. The average molecular weight is 331 g/mol. The van der Waals surface area contributed by atoms with Gasteiger partial charge in [-0.3, -0.25) is 0 Å². The van der Waals surface area contributed by atoms with Gasteiger partial charge in [0.25, 0.3) is 0 Å². The number of halogens is 1. The van der Waals surface area contributed by atoms with Crippen molar-refractivity contribution in [3.8, 4) is 0 Å². The summed E-state index contributed by atoms with van der Waals surface area (Å²) in [6.07, 6.45) is 6.46. The molecular weight excluding hydrogens is 313 g/mol. The number of alkyl halides is 1. The van der Waals surface area contributed by atoms with E-state index in [9.17, 15) is 0 Å². The Balaban J connectivity index is 1.93. The van der Waals surface area contributed by atoms with Crippen LogP contribution in [0, 0.1) is 11.8 Å². The molecule has 0 saturated heterocycles. The van der Waals surface area contributed by atoms with E-state index in [0.717, 1.165) is 18.3 Å². The van der Waals surface area contributed by atoms with Crippen LogP contribution in [0.4, 0.5) is 0 Å².